The predicted octanol–water partition coefficient (Wildman–Crippen LogP) is 3.40. The SMILES string of the molecule is Cc1nc2ncc(-c3ccn4nc(N[C@H]5CC[C@@H](N)CC5)ncc34)cc2n1CC(F)F. The van der Waals surface area contributed by atoms with Crippen molar-refractivity contribution in [3.05, 3.63) is 36.5 Å². The molecule has 0 spiro atoms. The molecule has 1 fully saturated rings. The molecule has 0 aromatic carbocycles. The molecule has 31 heavy (non-hydrogen) atoms. The van der Waals surface area contributed by atoms with Crippen molar-refractivity contribution in [3.63, 3.8) is 0 Å². The summed E-state index contributed by atoms with van der Waals surface area (Å²) < 4.78 is 29.3. The van der Waals surface area contributed by atoms with E-state index in [-0.39, 0.29) is 0 Å². The van der Waals surface area contributed by atoms with Crippen LogP contribution < -0.4 is 11.1 Å². The van der Waals surface area contributed by atoms with Crippen LogP contribution in [0.25, 0.3) is 27.8 Å². The van der Waals surface area contributed by atoms with Gasteiger partial charge in [-0.1, -0.05) is 0 Å². The molecule has 3 N–H and O–H groups in total. The molecule has 0 saturated heterocycles. The fraction of sp³-hybridized carbons (Fsp3) is 0.429. The second-order valence-electron chi connectivity index (χ2n) is 8.12. The third kappa shape index (κ3) is 3.83. The van der Waals surface area contributed by atoms with Gasteiger partial charge in [0, 0.05) is 35.6 Å². The zero-order chi connectivity index (χ0) is 21.5. The Morgan fingerprint density at radius 1 is 1.16 bits per heavy atom. The lowest BCUT2D eigenvalue weighted by molar-refractivity contribution is 0.127. The highest BCUT2D eigenvalue weighted by atomic mass is 19.3. The van der Waals surface area contributed by atoms with Gasteiger partial charge in [-0.15, -0.1) is 5.10 Å². The molecule has 0 atom stereocenters. The molecule has 0 unspecified atom stereocenters. The summed E-state index contributed by atoms with van der Waals surface area (Å²) >= 11 is 0. The smallest absolute Gasteiger partial charge is 0.256 e. The number of anilines is 1. The second-order valence-corrected chi connectivity index (χ2v) is 8.12. The van der Waals surface area contributed by atoms with E-state index in [9.17, 15) is 8.78 Å². The van der Waals surface area contributed by atoms with Crippen molar-refractivity contribution in [1.29, 1.82) is 0 Å². The number of imidazole rings is 1. The van der Waals surface area contributed by atoms with Crippen LogP contribution in [0.15, 0.2) is 30.7 Å². The minimum atomic E-state index is -2.46. The van der Waals surface area contributed by atoms with Crippen molar-refractivity contribution in [3.8, 4) is 11.1 Å². The summed E-state index contributed by atoms with van der Waals surface area (Å²) in [6, 6.07) is 4.39. The molecule has 5 rings (SSSR count). The molecular weight excluding hydrogens is 402 g/mol. The predicted molar refractivity (Wildman–Crippen MR) is 114 cm³/mol. The molecule has 0 amide bonds. The maximum absolute atomic E-state index is 13.0. The minimum absolute atomic E-state index is 0.292. The molecule has 0 bridgehead atoms. The first-order valence-electron chi connectivity index (χ1n) is 10.5. The van der Waals surface area contributed by atoms with Crippen molar-refractivity contribution in [2.45, 2.75) is 57.7 Å². The Hall–Kier alpha value is -3.14. The molecular formula is C21H24F2N8. The first kappa shape index (κ1) is 19.8. The van der Waals surface area contributed by atoms with E-state index in [4.69, 9.17) is 5.73 Å². The van der Waals surface area contributed by atoms with E-state index in [1.54, 1.807) is 23.8 Å². The van der Waals surface area contributed by atoms with Crippen LogP contribution in [0.3, 0.4) is 0 Å². The lowest BCUT2D eigenvalue weighted by atomic mass is 9.92. The molecule has 10 heteroatoms. The number of hydrogen-bond donors (Lipinski definition) is 2. The van der Waals surface area contributed by atoms with Crippen molar-refractivity contribution >= 4 is 22.6 Å². The number of fused-ring (bicyclic) bond motifs is 2. The number of pyridine rings is 1. The maximum atomic E-state index is 13.0. The largest absolute Gasteiger partial charge is 0.350 e. The summed E-state index contributed by atoms with van der Waals surface area (Å²) in [5.41, 5.74) is 9.52. The normalized spacial score (nSPS) is 19.5. The highest BCUT2D eigenvalue weighted by Crippen LogP contribution is 2.28. The van der Waals surface area contributed by atoms with Crippen molar-refractivity contribution < 1.29 is 8.78 Å². The van der Waals surface area contributed by atoms with E-state index >= 15 is 0 Å². The van der Waals surface area contributed by atoms with Crippen LogP contribution in [0, 0.1) is 6.92 Å². The van der Waals surface area contributed by atoms with Crippen LogP contribution in [-0.2, 0) is 6.54 Å². The van der Waals surface area contributed by atoms with E-state index in [0.29, 0.717) is 35.0 Å². The highest BCUT2D eigenvalue weighted by molar-refractivity contribution is 5.85. The third-order valence-corrected chi connectivity index (χ3v) is 5.95. The number of nitrogens with zero attached hydrogens (tertiary/aromatic N) is 6. The number of aromatic nitrogens is 6. The van der Waals surface area contributed by atoms with E-state index < -0.39 is 13.0 Å². The lowest BCUT2D eigenvalue weighted by Gasteiger charge is -2.26. The fourth-order valence-electron chi connectivity index (χ4n) is 4.29. The molecule has 0 aliphatic heterocycles. The molecule has 1 aliphatic rings. The van der Waals surface area contributed by atoms with Crippen LogP contribution in [0.1, 0.15) is 31.5 Å². The number of hydrogen-bond acceptors (Lipinski definition) is 6. The topological polar surface area (TPSA) is 98.9 Å². The lowest BCUT2D eigenvalue weighted by Crippen LogP contribution is -2.33. The van der Waals surface area contributed by atoms with E-state index in [0.717, 1.165) is 42.3 Å². The van der Waals surface area contributed by atoms with Gasteiger partial charge in [-0.25, -0.2) is 28.2 Å². The van der Waals surface area contributed by atoms with Crippen LogP contribution in [0.2, 0.25) is 0 Å². The van der Waals surface area contributed by atoms with Gasteiger partial charge in [0.1, 0.15) is 5.82 Å². The van der Waals surface area contributed by atoms with Crippen LogP contribution in [-0.4, -0.2) is 47.6 Å². The molecule has 1 saturated carbocycles. The van der Waals surface area contributed by atoms with Gasteiger partial charge in [0.15, 0.2) is 5.65 Å². The fourth-order valence-corrected chi connectivity index (χ4v) is 4.29. The van der Waals surface area contributed by atoms with Gasteiger partial charge in [0.05, 0.1) is 23.8 Å². The maximum Gasteiger partial charge on any atom is 0.256 e. The summed E-state index contributed by atoms with van der Waals surface area (Å²) in [7, 11) is 0. The van der Waals surface area contributed by atoms with E-state index in [2.05, 4.69) is 25.4 Å². The highest BCUT2D eigenvalue weighted by Gasteiger charge is 2.20. The Morgan fingerprint density at radius 2 is 1.97 bits per heavy atom. The van der Waals surface area contributed by atoms with Gasteiger partial charge in [-0.05, 0) is 44.7 Å². The molecule has 0 radical (unpaired) electrons. The number of nitrogens with two attached hydrogens (primary N) is 1. The Morgan fingerprint density at radius 3 is 2.74 bits per heavy atom. The van der Waals surface area contributed by atoms with Gasteiger partial charge in [0.25, 0.3) is 6.43 Å². The number of aryl methyl sites for hydroxylation is 1. The van der Waals surface area contributed by atoms with Crippen LogP contribution in [0.5, 0.6) is 0 Å². The van der Waals surface area contributed by atoms with Gasteiger partial charge >= 0.3 is 0 Å². The van der Waals surface area contributed by atoms with Crippen LogP contribution >= 0.6 is 0 Å². The standard InChI is InChI=1S/C21H24F2N8/c1-12-27-20-17(30(12)11-19(22)23)8-13(9-25-20)16-6-7-31-18(16)10-26-21(29-31)28-15-4-2-14(24)3-5-15/h6-10,14-15,19H,2-5,11,24H2,1H3,(H,28,29)/t14-,15+. The number of nitrogens with one attached hydrogen (secondary N) is 1. The Balaban J connectivity index is 1.45. The van der Waals surface area contributed by atoms with E-state index in [1.165, 1.54) is 4.57 Å². The second kappa shape index (κ2) is 7.84. The van der Waals surface area contributed by atoms with Gasteiger partial charge in [0.2, 0.25) is 5.95 Å². The number of alkyl halides is 2. The zero-order valence-electron chi connectivity index (χ0n) is 17.2. The molecule has 4 heterocycles. The minimum Gasteiger partial charge on any atom is -0.350 e. The quantitative estimate of drug-likeness (QED) is 0.508. The third-order valence-electron chi connectivity index (χ3n) is 5.95. The van der Waals surface area contributed by atoms with Crippen molar-refractivity contribution in [1.82, 2.24) is 29.1 Å². The monoisotopic (exact) mass is 426 g/mol. The molecule has 162 valence electrons. The molecule has 1 aliphatic carbocycles. The van der Waals surface area contributed by atoms with Crippen LogP contribution in [0.4, 0.5) is 14.7 Å². The zero-order valence-corrected chi connectivity index (χ0v) is 17.2. The summed E-state index contributed by atoms with van der Waals surface area (Å²) in [5, 5.41) is 7.99. The van der Waals surface area contributed by atoms with Gasteiger partial charge in [-0.2, -0.15) is 0 Å². The summed E-state index contributed by atoms with van der Waals surface area (Å²) in [5.74, 6) is 1.10. The van der Waals surface area contributed by atoms with E-state index in [1.807, 2.05) is 18.3 Å². The average Bonchev–Trinajstić information content (AvgIpc) is 3.30. The Bertz CT molecular complexity index is 1220. The first-order chi connectivity index (χ1) is 15.0. The molecule has 8 nitrogen and oxygen atoms in total. The molecule has 4 aromatic heterocycles. The Labute approximate surface area is 177 Å². The summed E-state index contributed by atoms with van der Waals surface area (Å²) in [6.45, 7) is 1.30. The van der Waals surface area contributed by atoms with Gasteiger partial charge in [-0.3, -0.25) is 0 Å². The summed E-state index contributed by atoms with van der Waals surface area (Å²) in [4.78, 5) is 13.2. The van der Waals surface area contributed by atoms with Gasteiger partial charge < -0.3 is 15.6 Å². The number of halogens is 2. The number of rotatable bonds is 5. The molecule has 4 aromatic rings. The average molecular weight is 426 g/mol. The first-order valence-corrected chi connectivity index (χ1v) is 10.5. The Kier molecular flexibility index (Phi) is 5.01. The van der Waals surface area contributed by atoms with Crippen molar-refractivity contribution in [2.24, 2.45) is 5.73 Å². The van der Waals surface area contributed by atoms with Crippen molar-refractivity contribution in [2.75, 3.05) is 5.32 Å². The summed E-state index contributed by atoms with van der Waals surface area (Å²) in [6.07, 6.45) is 6.90.